The zero-order chi connectivity index (χ0) is 22.7. The molecule has 32 heavy (non-hydrogen) atoms. The molecule has 1 amide bonds. The lowest BCUT2D eigenvalue weighted by Gasteiger charge is -2.11. The van der Waals surface area contributed by atoms with Gasteiger partial charge in [0, 0.05) is 28.9 Å². The normalized spacial score (nSPS) is 10.7. The highest BCUT2D eigenvalue weighted by Crippen LogP contribution is 2.19. The van der Waals surface area contributed by atoms with Crippen LogP contribution in [-0.4, -0.2) is 21.5 Å². The van der Waals surface area contributed by atoms with E-state index in [1.807, 2.05) is 67.9 Å². The Labute approximate surface area is 187 Å². The predicted molar refractivity (Wildman–Crippen MR) is 125 cm³/mol. The molecule has 0 aliphatic heterocycles. The number of hydrogen-bond acceptors (Lipinski definition) is 3. The number of para-hydroxylation sites is 1. The van der Waals surface area contributed by atoms with E-state index in [1.54, 1.807) is 36.4 Å². The smallest absolute Gasteiger partial charge is 0.252 e. The van der Waals surface area contributed by atoms with E-state index < -0.39 is 0 Å². The third-order valence-electron chi connectivity index (χ3n) is 5.60. The van der Waals surface area contributed by atoms with Gasteiger partial charge in [0.25, 0.3) is 5.91 Å². The van der Waals surface area contributed by atoms with Crippen molar-refractivity contribution in [2.75, 3.05) is 0 Å². The summed E-state index contributed by atoms with van der Waals surface area (Å²) < 4.78 is 1.88. The minimum Gasteiger partial charge on any atom is -0.348 e. The maximum absolute atomic E-state index is 13.0. The van der Waals surface area contributed by atoms with Crippen LogP contribution in [0, 0.1) is 20.8 Å². The van der Waals surface area contributed by atoms with Crippen LogP contribution in [0.5, 0.6) is 0 Å². The topological polar surface area (TPSA) is 64.0 Å². The molecule has 1 heterocycles. The van der Waals surface area contributed by atoms with Gasteiger partial charge in [-0.15, -0.1) is 0 Å². The van der Waals surface area contributed by atoms with E-state index in [0.29, 0.717) is 23.2 Å². The average molecular weight is 424 g/mol. The summed E-state index contributed by atoms with van der Waals surface area (Å²) in [6, 6.07) is 24.2. The van der Waals surface area contributed by atoms with Crippen molar-refractivity contribution in [3.05, 3.63) is 118 Å². The minimum absolute atomic E-state index is 0.167. The summed E-state index contributed by atoms with van der Waals surface area (Å²) in [4.78, 5) is 26.1. The first kappa shape index (κ1) is 21.2. The first-order valence-electron chi connectivity index (χ1n) is 10.5. The molecule has 0 radical (unpaired) electrons. The van der Waals surface area contributed by atoms with Gasteiger partial charge in [-0.25, -0.2) is 4.68 Å². The fourth-order valence-electron chi connectivity index (χ4n) is 3.75. The quantitative estimate of drug-likeness (QED) is 0.446. The Morgan fingerprint density at radius 1 is 0.812 bits per heavy atom. The number of aromatic nitrogens is 2. The third-order valence-corrected chi connectivity index (χ3v) is 5.60. The van der Waals surface area contributed by atoms with Gasteiger partial charge in [-0.1, -0.05) is 66.2 Å². The molecule has 1 N–H and O–H groups in total. The van der Waals surface area contributed by atoms with Crippen LogP contribution in [-0.2, 0) is 6.54 Å². The molecule has 0 saturated carbocycles. The van der Waals surface area contributed by atoms with Crippen molar-refractivity contribution in [1.82, 2.24) is 15.1 Å². The molecular formula is C27H25N3O2. The second-order valence-corrected chi connectivity index (χ2v) is 7.82. The Morgan fingerprint density at radius 3 is 2.12 bits per heavy atom. The first-order chi connectivity index (χ1) is 15.5. The summed E-state index contributed by atoms with van der Waals surface area (Å²) in [7, 11) is 0. The fourth-order valence-corrected chi connectivity index (χ4v) is 3.75. The number of carbonyl (C=O) groups is 2. The monoisotopic (exact) mass is 423 g/mol. The van der Waals surface area contributed by atoms with Gasteiger partial charge in [0.2, 0.25) is 0 Å². The van der Waals surface area contributed by atoms with Gasteiger partial charge in [0.05, 0.1) is 16.9 Å². The van der Waals surface area contributed by atoms with Gasteiger partial charge in [-0.05, 0) is 39.0 Å². The Kier molecular flexibility index (Phi) is 5.99. The van der Waals surface area contributed by atoms with Crippen molar-refractivity contribution in [1.29, 1.82) is 0 Å². The molecule has 0 atom stereocenters. The van der Waals surface area contributed by atoms with E-state index in [2.05, 4.69) is 10.4 Å². The maximum Gasteiger partial charge on any atom is 0.252 e. The van der Waals surface area contributed by atoms with Crippen molar-refractivity contribution in [3.8, 4) is 5.69 Å². The Hall–Kier alpha value is -3.99. The standard InChI is InChI=1S/C27H25N3O2/c1-18-13-15-21(16-14-18)26(31)23-11-7-8-12-24(23)27(32)28-17-25-19(2)29-30(20(25)3)22-9-5-4-6-10-22/h4-16H,17H2,1-3H3,(H,28,32). The van der Waals surface area contributed by atoms with Crippen molar-refractivity contribution in [3.63, 3.8) is 0 Å². The SMILES string of the molecule is Cc1ccc(C(=O)c2ccccc2C(=O)NCc2c(C)nn(-c3ccccc3)c2C)cc1. The van der Waals surface area contributed by atoms with E-state index in [0.717, 1.165) is 28.2 Å². The van der Waals surface area contributed by atoms with Crippen LogP contribution in [0.1, 0.15) is 48.8 Å². The van der Waals surface area contributed by atoms with Crippen LogP contribution in [0.3, 0.4) is 0 Å². The molecule has 4 rings (SSSR count). The molecule has 4 aromatic rings. The highest BCUT2D eigenvalue weighted by Gasteiger charge is 2.19. The number of amides is 1. The number of aryl methyl sites for hydroxylation is 2. The van der Waals surface area contributed by atoms with E-state index >= 15 is 0 Å². The predicted octanol–water partition coefficient (Wildman–Crippen LogP) is 4.96. The minimum atomic E-state index is -0.285. The fraction of sp³-hybridized carbons (Fsp3) is 0.148. The van der Waals surface area contributed by atoms with Crippen LogP contribution < -0.4 is 5.32 Å². The molecule has 5 heteroatoms. The van der Waals surface area contributed by atoms with Crippen molar-refractivity contribution in [2.45, 2.75) is 27.3 Å². The van der Waals surface area contributed by atoms with E-state index in [9.17, 15) is 9.59 Å². The summed E-state index contributed by atoms with van der Waals surface area (Å²) in [5.74, 6) is -0.452. The average Bonchev–Trinajstić information content (AvgIpc) is 3.11. The van der Waals surface area contributed by atoms with E-state index in [4.69, 9.17) is 0 Å². The summed E-state index contributed by atoms with van der Waals surface area (Å²) >= 11 is 0. The van der Waals surface area contributed by atoms with Crippen molar-refractivity contribution >= 4 is 11.7 Å². The van der Waals surface area contributed by atoms with Crippen LogP contribution >= 0.6 is 0 Å². The number of carbonyl (C=O) groups excluding carboxylic acids is 2. The van der Waals surface area contributed by atoms with Crippen LogP contribution in [0.2, 0.25) is 0 Å². The molecule has 0 spiro atoms. The zero-order valence-electron chi connectivity index (χ0n) is 18.4. The summed E-state index contributed by atoms with van der Waals surface area (Å²) in [5.41, 5.74) is 6.16. The van der Waals surface area contributed by atoms with Crippen LogP contribution in [0.4, 0.5) is 0 Å². The number of ketones is 1. The molecule has 160 valence electrons. The van der Waals surface area contributed by atoms with Crippen LogP contribution in [0.25, 0.3) is 5.69 Å². The van der Waals surface area contributed by atoms with Crippen molar-refractivity contribution < 1.29 is 9.59 Å². The largest absolute Gasteiger partial charge is 0.348 e. The number of hydrogen-bond donors (Lipinski definition) is 1. The Balaban J connectivity index is 1.56. The molecule has 0 bridgehead atoms. The maximum atomic E-state index is 13.0. The van der Waals surface area contributed by atoms with E-state index in [1.165, 1.54) is 0 Å². The lowest BCUT2D eigenvalue weighted by molar-refractivity contribution is 0.0939. The van der Waals surface area contributed by atoms with Gasteiger partial charge in [-0.2, -0.15) is 5.10 Å². The second-order valence-electron chi connectivity index (χ2n) is 7.82. The second kappa shape index (κ2) is 9.02. The number of benzene rings is 3. The number of nitrogens with zero attached hydrogens (tertiary/aromatic N) is 2. The molecule has 5 nitrogen and oxygen atoms in total. The third kappa shape index (κ3) is 4.23. The summed E-state index contributed by atoms with van der Waals surface area (Å²) in [6.45, 7) is 6.22. The first-order valence-corrected chi connectivity index (χ1v) is 10.5. The lowest BCUT2D eigenvalue weighted by atomic mass is 9.97. The Bertz CT molecular complexity index is 1270. The lowest BCUT2D eigenvalue weighted by Crippen LogP contribution is -2.25. The molecule has 1 aromatic heterocycles. The molecule has 0 aliphatic rings. The van der Waals surface area contributed by atoms with Crippen molar-refractivity contribution in [2.24, 2.45) is 0 Å². The molecule has 0 aliphatic carbocycles. The van der Waals surface area contributed by atoms with Gasteiger partial charge in [0.1, 0.15) is 0 Å². The molecule has 0 fully saturated rings. The zero-order valence-corrected chi connectivity index (χ0v) is 18.4. The van der Waals surface area contributed by atoms with E-state index in [-0.39, 0.29) is 11.7 Å². The highest BCUT2D eigenvalue weighted by molar-refractivity contribution is 6.15. The number of nitrogens with one attached hydrogen (secondary N) is 1. The summed E-state index contributed by atoms with van der Waals surface area (Å²) in [6.07, 6.45) is 0. The Morgan fingerprint density at radius 2 is 1.44 bits per heavy atom. The number of rotatable bonds is 6. The van der Waals surface area contributed by atoms with Crippen LogP contribution in [0.15, 0.2) is 78.9 Å². The molecule has 0 unspecified atom stereocenters. The molecular weight excluding hydrogens is 398 g/mol. The molecule has 0 saturated heterocycles. The van der Waals surface area contributed by atoms with Gasteiger partial charge in [0.15, 0.2) is 5.78 Å². The van der Waals surface area contributed by atoms with Gasteiger partial charge in [-0.3, -0.25) is 9.59 Å². The van der Waals surface area contributed by atoms with Gasteiger partial charge >= 0.3 is 0 Å². The highest BCUT2D eigenvalue weighted by atomic mass is 16.2. The summed E-state index contributed by atoms with van der Waals surface area (Å²) in [5, 5.41) is 7.61. The van der Waals surface area contributed by atoms with Gasteiger partial charge < -0.3 is 5.32 Å². The molecule has 3 aromatic carbocycles.